The molecule has 4 rings (SSSR count). The maximum atomic E-state index is 12.4. The summed E-state index contributed by atoms with van der Waals surface area (Å²) >= 11 is 0. The lowest BCUT2D eigenvalue weighted by atomic mass is 10.1. The van der Waals surface area contributed by atoms with Crippen molar-refractivity contribution in [3.63, 3.8) is 0 Å². The first-order chi connectivity index (χ1) is 11.6. The molecule has 0 bridgehead atoms. The van der Waals surface area contributed by atoms with E-state index in [-0.39, 0.29) is 17.9 Å². The summed E-state index contributed by atoms with van der Waals surface area (Å²) in [7, 11) is 0. The molecule has 3 aromatic rings. The van der Waals surface area contributed by atoms with E-state index >= 15 is 0 Å². The van der Waals surface area contributed by atoms with Crippen molar-refractivity contribution in [2.45, 2.75) is 19.5 Å². The summed E-state index contributed by atoms with van der Waals surface area (Å²) in [5.74, 6) is -0.278. The number of aromatic nitrogens is 2. The second kappa shape index (κ2) is 5.49. The number of rotatable bonds is 2. The second-order valence-corrected chi connectivity index (χ2v) is 5.98. The van der Waals surface area contributed by atoms with Gasteiger partial charge in [0, 0.05) is 35.2 Å². The predicted octanol–water partition coefficient (Wildman–Crippen LogP) is 2.42. The van der Waals surface area contributed by atoms with Crippen LogP contribution < -0.4 is 10.6 Å². The second-order valence-electron chi connectivity index (χ2n) is 5.98. The van der Waals surface area contributed by atoms with Gasteiger partial charge in [-0.05, 0) is 37.3 Å². The Morgan fingerprint density at radius 1 is 1.33 bits per heavy atom. The van der Waals surface area contributed by atoms with Gasteiger partial charge in [0.25, 0.3) is 11.8 Å². The monoisotopic (exact) mass is 320 g/mol. The Balaban J connectivity index is 1.72. The molecule has 3 heterocycles. The third-order valence-corrected chi connectivity index (χ3v) is 4.15. The summed E-state index contributed by atoms with van der Waals surface area (Å²) < 4.78 is 1.97. The van der Waals surface area contributed by atoms with Crippen molar-refractivity contribution in [2.24, 2.45) is 0 Å². The van der Waals surface area contributed by atoms with E-state index in [1.54, 1.807) is 30.6 Å². The number of carbonyl (C=O) groups excluding carboxylic acids is 2. The molecule has 1 aliphatic heterocycles. The minimum absolute atomic E-state index is 0.0634. The highest BCUT2D eigenvalue weighted by Crippen LogP contribution is 2.24. The minimum Gasteiger partial charge on any atom is -0.347 e. The van der Waals surface area contributed by atoms with Crippen LogP contribution in [0.2, 0.25) is 0 Å². The van der Waals surface area contributed by atoms with Gasteiger partial charge in [-0.2, -0.15) is 0 Å². The Kier molecular flexibility index (Phi) is 3.30. The Morgan fingerprint density at radius 2 is 2.21 bits per heavy atom. The van der Waals surface area contributed by atoms with Crippen LogP contribution in [0, 0.1) is 0 Å². The molecule has 0 saturated heterocycles. The molecule has 2 N–H and O–H groups in total. The molecule has 0 aliphatic carbocycles. The highest BCUT2D eigenvalue weighted by Gasteiger charge is 2.24. The highest BCUT2D eigenvalue weighted by atomic mass is 16.2. The normalized spacial score (nSPS) is 16.5. The van der Waals surface area contributed by atoms with Crippen LogP contribution in [0.3, 0.4) is 0 Å². The maximum Gasteiger partial charge on any atom is 0.268 e. The first-order valence-electron chi connectivity index (χ1n) is 7.77. The number of carbonyl (C=O) groups is 2. The number of nitrogens with one attached hydrogen (secondary N) is 2. The number of amides is 2. The van der Waals surface area contributed by atoms with Gasteiger partial charge in [0.1, 0.15) is 5.69 Å². The lowest BCUT2D eigenvalue weighted by Crippen LogP contribution is -2.42. The van der Waals surface area contributed by atoms with E-state index in [2.05, 4.69) is 15.6 Å². The molecular weight excluding hydrogens is 304 g/mol. The van der Waals surface area contributed by atoms with Crippen molar-refractivity contribution in [2.75, 3.05) is 5.32 Å². The average Bonchev–Trinajstić information content (AvgIpc) is 2.94. The lowest BCUT2D eigenvalue weighted by Gasteiger charge is -2.23. The van der Waals surface area contributed by atoms with Gasteiger partial charge < -0.3 is 15.2 Å². The molecule has 0 spiro atoms. The zero-order chi connectivity index (χ0) is 16.7. The zero-order valence-electron chi connectivity index (χ0n) is 13.1. The molecule has 6 nitrogen and oxygen atoms in total. The van der Waals surface area contributed by atoms with E-state index in [4.69, 9.17) is 0 Å². The topological polar surface area (TPSA) is 76.0 Å². The molecule has 0 fully saturated rings. The third-order valence-electron chi connectivity index (χ3n) is 4.15. The van der Waals surface area contributed by atoms with Crippen LogP contribution in [0.5, 0.6) is 0 Å². The highest BCUT2D eigenvalue weighted by molar-refractivity contribution is 6.07. The number of pyridine rings is 1. The van der Waals surface area contributed by atoms with Crippen molar-refractivity contribution < 1.29 is 9.59 Å². The standard InChI is InChI=1S/C18H16N4O2/c1-11-10-22-15-8-13(17(23)21-14-3-2-6-19-9-14)5-4-12(15)7-16(22)18(24)20-11/h2-9,11H,10H2,1H3,(H,20,24)(H,21,23). The number of benzene rings is 1. The minimum atomic E-state index is -0.200. The molecule has 2 aromatic heterocycles. The van der Waals surface area contributed by atoms with Crippen molar-refractivity contribution >= 4 is 28.4 Å². The molecule has 24 heavy (non-hydrogen) atoms. The van der Waals surface area contributed by atoms with Gasteiger partial charge >= 0.3 is 0 Å². The van der Waals surface area contributed by atoms with Crippen LogP contribution in [0.1, 0.15) is 27.8 Å². The van der Waals surface area contributed by atoms with Crippen molar-refractivity contribution in [3.05, 3.63) is 60.0 Å². The first-order valence-corrected chi connectivity index (χ1v) is 7.77. The Bertz CT molecular complexity index is 946. The van der Waals surface area contributed by atoms with Gasteiger partial charge in [-0.3, -0.25) is 14.6 Å². The van der Waals surface area contributed by atoms with E-state index < -0.39 is 0 Å². The number of hydrogen-bond acceptors (Lipinski definition) is 3. The molecular formula is C18H16N4O2. The van der Waals surface area contributed by atoms with Gasteiger partial charge in [-0.15, -0.1) is 0 Å². The fourth-order valence-electron chi connectivity index (χ4n) is 3.04. The van der Waals surface area contributed by atoms with Crippen LogP contribution in [-0.2, 0) is 6.54 Å². The average molecular weight is 320 g/mol. The summed E-state index contributed by atoms with van der Waals surface area (Å²) in [6.45, 7) is 2.66. The molecule has 120 valence electrons. The summed E-state index contributed by atoms with van der Waals surface area (Å²) in [6, 6.07) is 10.9. The molecule has 1 aromatic carbocycles. The summed E-state index contributed by atoms with van der Waals surface area (Å²) in [5, 5.41) is 6.69. The van der Waals surface area contributed by atoms with E-state index in [0.717, 1.165) is 10.9 Å². The molecule has 1 aliphatic rings. The molecule has 6 heteroatoms. The van der Waals surface area contributed by atoms with Crippen LogP contribution in [-0.4, -0.2) is 27.4 Å². The predicted molar refractivity (Wildman–Crippen MR) is 91.1 cm³/mol. The van der Waals surface area contributed by atoms with E-state index in [9.17, 15) is 9.59 Å². The van der Waals surface area contributed by atoms with Gasteiger partial charge in [0.15, 0.2) is 0 Å². The molecule has 2 amide bonds. The Labute approximate surface area is 138 Å². The fourth-order valence-corrected chi connectivity index (χ4v) is 3.04. The Morgan fingerprint density at radius 3 is 3.00 bits per heavy atom. The van der Waals surface area contributed by atoms with Gasteiger partial charge in [0.2, 0.25) is 0 Å². The number of fused-ring (bicyclic) bond motifs is 3. The maximum absolute atomic E-state index is 12.4. The molecule has 1 unspecified atom stereocenters. The van der Waals surface area contributed by atoms with Crippen LogP contribution >= 0.6 is 0 Å². The lowest BCUT2D eigenvalue weighted by molar-refractivity contribution is 0.0907. The van der Waals surface area contributed by atoms with Gasteiger partial charge in [-0.25, -0.2) is 0 Å². The first kappa shape index (κ1) is 14.4. The van der Waals surface area contributed by atoms with Crippen molar-refractivity contribution in [1.82, 2.24) is 14.9 Å². The zero-order valence-corrected chi connectivity index (χ0v) is 13.1. The molecule has 0 saturated carbocycles. The fraction of sp³-hybridized carbons (Fsp3) is 0.167. The number of anilines is 1. The number of nitrogens with zero attached hydrogens (tertiary/aromatic N) is 2. The van der Waals surface area contributed by atoms with Gasteiger partial charge in [0.05, 0.1) is 11.9 Å². The summed E-state index contributed by atoms with van der Waals surface area (Å²) in [5.41, 5.74) is 2.72. The van der Waals surface area contributed by atoms with E-state index in [0.29, 0.717) is 23.5 Å². The van der Waals surface area contributed by atoms with Crippen LogP contribution in [0.25, 0.3) is 10.9 Å². The smallest absolute Gasteiger partial charge is 0.268 e. The quantitative estimate of drug-likeness (QED) is 0.761. The summed E-state index contributed by atoms with van der Waals surface area (Å²) in [6.07, 6.45) is 3.25. The largest absolute Gasteiger partial charge is 0.347 e. The SMILES string of the molecule is CC1Cn2c(cc3ccc(C(=O)Nc4cccnc4)cc32)C(=O)N1. The van der Waals surface area contributed by atoms with E-state index in [1.165, 1.54) is 0 Å². The van der Waals surface area contributed by atoms with Crippen LogP contribution in [0.4, 0.5) is 5.69 Å². The third kappa shape index (κ3) is 2.42. The number of hydrogen-bond donors (Lipinski definition) is 2. The van der Waals surface area contributed by atoms with Crippen LogP contribution in [0.15, 0.2) is 48.8 Å². The molecule has 0 radical (unpaired) electrons. The van der Waals surface area contributed by atoms with Crippen molar-refractivity contribution in [3.8, 4) is 0 Å². The van der Waals surface area contributed by atoms with Gasteiger partial charge in [-0.1, -0.05) is 6.07 Å². The van der Waals surface area contributed by atoms with Crippen molar-refractivity contribution in [1.29, 1.82) is 0 Å². The molecule has 1 atom stereocenters. The van der Waals surface area contributed by atoms with E-state index in [1.807, 2.05) is 29.7 Å². The Hall–Kier alpha value is -3.15. The summed E-state index contributed by atoms with van der Waals surface area (Å²) in [4.78, 5) is 28.5.